The molecule has 0 bridgehead atoms. The van der Waals surface area contributed by atoms with Gasteiger partial charge in [0, 0.05) is 13.2 Å². The largest absolute Gasteiger partial charge is 0.480 e. The summed E-state index contributed by atoms with van der Waals surface area (Å²) in [4.78, 5) is 11.4. The van der Waals surface area contributed by atoms with E-state index in [2.05, 4.69) is 19.2 Å². The lowest BCUT2D eigenvalue weighted by Crippen LogP contribution is -2.49. The summed E-state index contributed by atoms with van der Waals surface area (Å²) >= 11 is 0. The van der Waals surface area contributed by atoms with Crippen LogP contribution in [0.4, 0.5) is 0 Å². The van der Waals surface area contributed by atoms with Crippen molar-refractivity contribution >= 4 is 5.97 Å². The van der Waals surface area contributed by atoms with E-state index in [1.165, 1.54) is 19.3 Å². The first-order valence-corrected chi connectivity index (χ1v) is 8.56. The van der Waals surface area contributed by atoms with Crippen molar-refractivity contribution < 1.29 is 14.6 Å². The first kappa shape index (κ1) is 20.4. The third-order valence-corrected chi connectivity index (χ3v) is 4.10. The molecule has 0 amide bonds. The third-order valence-electron chi connectivity index (χ3n) is 4.10. The average Bonchev–Trinajstić information content (AvgIpc) is 2.47. The molecule has 2 N–H and O–H groups in total. The highest BCUT2D eigenvalue weighted by Crippen LogP contribution is 2.15. The maximum absolute atomic E-state index is 11.4. The smallest absolute Gasteiger partial charge is 0.323 e. The van der Waals surface area contributed by atoms with E-state index in [1.807, 2.05) is 6.92 Å². The summed E-state index contributed by atoms with van der Waals surface area (Å²) in [5.41, 5.74) is -0.828. The molecule has 0 aliphatic rings. The average molecular weight is 301 g/mol. The monoisotopic (exact) mass is 301 g/mol. The van der Waals surface area contributed by atoms with E-state index in [9.17, 15) is 9.90 Å². The van der Waals surface area contributed by atoms with Crippen molar-refractivity contribution in [3.05, 3.63) is 0 Å². The molecule has 4 heteroatoms. The Labute approximate surface area is 130 Å². The molecule has 126 valence electrons. The second-order valence-corrected chi connectivity index (χ2v) is 6.16. The molecule has 0 aliphatic heterocycles. The van der Waals surface area contributed by atoms with E-state index in [1.54, 1.807) is 6.92 Å². The first-order valence-electron chi connectivity index (χ1n) is 8.56. The van der Waals surface area contributed by atoms with Gasteiger partial charge in [-0.1, -0.05) is 40.0 Å². The van der Waals surface area contributed by atoms with Gasteiger partial charge in [0.15, 0.2) is 0 Å². The molecule has 0 aliphatic carbocycles. The fourth-order valence-electron chi connectivity index (χ4n) is 2.35. The predicted molar refractivity (Wildman–Crippen MR) is 87.7 cm³/mol. The van der Waals surface area contributed by atoms with Crippen molar-refractivity contribution in [3.63, 3.8) is 0 Å². The van der Waals surface area contributed by atoms with Crippen LogP contribution in [0, 0.1) is 5.92 Å². The van der Waals surface area contributed by atoms with Gasteiger partial charge in [-0.25, -0.2) is 0 Å². The van der Waals surface area contributed by atoms with E-state index in [4.69, 9.17) is 4.74 Å². The van der Waals surface area contributed by atoms with Crippen LogP contribution in [0.15, 0.2) is 0 Å². The van der Waals surface area contributed by atoms with Gasteiger partial charge < -0.3 is 15.2 Å². The number of ether oxygens (including phenoxy) is 1. The van der Waals surface area contributed by atoms with Crippen LogP contribution in [0.5, 0.6) is 0 Å². The van der Waals surface area contributed by atoms with Crippen LogP contribution in [-0.2, 0) is 9.53 Å². The Bertz CT molecular complexity index is 271. The molecule has 21 heavy (non-hydrogen) atoms. The highest BCUT2D eigenvalue weighted by molar-refractivity contribution is 5.78. The molecule has 0 saturated carbocycles. The van der Waals surface area contributed by atoms with Gasteiger partial charge in [-0.3, -0.25) is 4.79 Å². The molecule has 0 spiro atoms. The zero-order valence-corrected chi connectivity index (χ0v) is 14.4. The number of unbranched alkanes of at least 4 members (excludes halogenated alkanes) is 1. The van der Waals surface area contributed by atoms with Gasteiger partial charge in [-0.2, -0.15) is 0 Å². The number of hydrogen-bond donors (Lipinski definition) is 2. The summed E-state index contributed by atoms with van der Waals surface area (Å²) in [5, 5.41) is 12.5. The van der Waals surface area contributed by atoms with Crippen LogP contribution in [0.25, 0.3) is 0 Å². The van der Waals surface area contributed by atoms with Crippen LogP contribution < -0.4 is 5.32 Å². The lowest BCUT2D eigenvalue weighted by Gasteiger charge is -2.26. The number of carboxylic acid groups (broad SMARTS) is 1. The van der Waals surface area contributed by atoms with Crippen molar-refractivity contribution in [2.45, 2.75) is 78.2 Å². The Morgan fingerprint density at radius 1 is 1.24 bits per heavy atom. The van der Waals surface area contributed by atoms with Gasteiger partial charge in [0.2, 0.25) is 0 Å². The molecule has 0 aromatic rings. The molecule has 0 aromatic heterocycles. The highest BCUT2D eigenvalue weighted by Gasteiger charge is 2.31. The summed E-state index contributed by atoms with van der Waals surface area (Å²) < 4.78 is 5.74. The van der Waals surface area contributed by atoms with Gasteiger partial charge in [0.05, 0.1) is 0 Å². The van der Waals surface area contributed by atoms with Gasteiger partial charge in [0.25, 0.3) is 0 Å². The molecular weight excluding hydrogens is 266 g/mol. The lowest BCUT2D eigenvalue weighted by molar-refractivity contribution is -0.144. The molecule has 2 unspecified atom stereocenters. The van der Waals surface area contributed by atoms with E-state index >= 15 is 0 Å². The minimum absolute atomic E-state index is 0.605. The van der Waals surface area contributed by atoms with E-state index in [0.29, 0.717) is 18.9 Å². The first-order chi connectivity index (χ1) is 10.00. The molecule has 2 atom stereocenters. The van der Waals surface area contributed by atoms with Crippen molar-refractivity contribution in [1.82, 2.24) is 5.32 Å². The molecule has 0 heterocycles. The van der Waals surface area contributed by atoms with E-state index < -0.39 is 11.5 Å². The summed E-state index contributed by atoms with van der Waals surface area (Å²) in [6, 6.07) is 0. The van der Waals surface area contributed by atoms with Gasteiger partial charge in [-0.15, -0.1) is 0 Å². The molecule has 4 nitrogen and oxygen atoms in total. The molecule has 0 rings (SSSR count). The third kappa shape index (κ3) is 9.10. The maximum Gasteiger partial charge on any atom is 0.323 e. The zero-order chi connectivity index (χ0) is 16.1. The Kier molecular flexibility index (Phi) is 11.6. The van der Waals surface area contributed by atoms with Crippen LogP contribution in [-0.4, -0.2) is 36.4 Å². The van der Waals surface area contributed by atoms with Crippen LogP contribution in [0.2, 0.25) is 0 Å². The van der Waals surface area contributed by atoms with Crippen molar-refractivity contribution in [2.24, 2.45) is 5.92 Å². The van der Waals surface area contributed by atoms with Crippen molar-refractivity contribution in [1.29, 1.82) is 0 Å². The number of nitrogens with one attached hydrogen (secondary N) is 1. The fraction of sp³-hybridized carbons (Fsp3) is 0.941. The summed E-state index contributed by atoms with van der Waals surface area (Å²) in [6.45, 7) is 10.4. The fourth-order valence-corrected chi connectivity index (χ4v) is 2.35. The maximum atomic E-state index is 11.4. The molecule has 0 fully saturated rings. The normalized spacial score (nSPS) is 15.6. The van der Waals surface area contributed by atoms with Gasteiger partial charge in [0.1, 0.15) is 5.54 Å². The second-order valence-electron chi connectivity index (χ2n) is 6.16. The topological polar surface area (TPSA) is 58.6 Å². The van der Waals surface area contributed by atoms with Crippen LogP contribution in [0.3, 0.4) is 0 Å². The van der Waals surface area contributed by atoms with Crippen molar-refractivity contribution in [2.75, 3.05) is 19.8 Å². The number of carboxylic acids is 1. The highest BCUT2D eigenvalue weighted by atomic mass is 16.5. The molecule has 0 radical (unpaired) electrons. The Morgan fingerprint density at radius 3 is 2.48 bits per heavy atom. The minimum Gasteiger partial charge on any atom is -0.480 e. The number of rotatable bonds is 14. The SMILES string of the molecule is CCCCC(CC)COCCCC(C)(NCCC)C(=O)O. The van der Waals surface area contributed by atoms with E-state index in [-0.39, 0.29) is 0 Å². The summed E-state index contributed by atoms with van der Waals surface area (Å²) in [7, 11) is 0. The predicted octanol–water partition coefficient (Wildman–Crippen LogP) is 3.84. The minimum atomic E-state index is -0.828. The summed E-state index contributed by atoms with van der Waals surface area (Å²) in [6.07, 6.45) is 7.21. The number of aliphatic carboxylic acids is 1. The standard InChI is InChI=1S/C17H35NO3/c1-5-8-10-15(7-3)14-21-13-9-11-17(4,16(19)20)18-12-6-2/h15,18H,5-14H2,1-4H3,(H,19,20). The van der Waals surface area contributed by atoms with Crippen LogP contribution >= 0.6 is 0 Å². The molecular formula is C17H35NO3. The van der Waals surface area contributed by atoms with E-state index in [0.717, 1.165) is 32.4 Å². The van der Waals surface area contributed by atoms with Crippen LogP contribution in [0.1, 0.15) is 72.6 Å². The second kappa shape index (κ2) is 12.0. The Morgan fingerprint density at radius 2 is 1.95 bits per heavy atom. The summed E-state index contributed by atoms with van der Waals surface area (Å²) in [5.74, 6) is -0.126. The Hall–Kier alpha value is -0.610. The lowest BCUT2D eigenvalue weighted by atomic mass is 9.96. The number of carbonyl (C=O) groups is 1. The van der Waals surface area contributed by atoms with Crippen molar-refractivity contribution in [3.8, 4) is 0 Å². The zero-order valence-electron chi connectivity index (χ0n) is 14.4. The quantitative estimate of drug-likeness (QED) is 0.479. The Balaban J connectivity index is 3.91. The molecule has 0 saturated heterocycles. The van der Waals surface area contributed by atoms with Gasteiger partial charge >= 0.3 is 5.97 Å². The van der Waals surface area contributed by atoms with Gasteiger partial charge in [-0.05, 0) is 45.1 Å². The number of hydrogen-bond acceptors (Lipinski definition) is 3. The molecule has 0 aromatic carbocycles.